The molecule has 0 radical (unpaired) electrons. The lowest BCUT2D eigenvalue weighted by molar-refractivity contribution is 0.101. The van der Waals surface area contributed by atoms with Gasteiger partial charge in [-0.25, -0.2) is 4.39 Å². The fourth-order valence-electron chi connectivity index (χ4n) is 2.71. The number of hydrogen-bond donors (Lipinski definition) is 2. The van der Waals surface area contributed by atoms with Crippen LogP contribution in [0.5, 0.6) is 5.75 Å². The Balaban J connectivity index is 1.84. The van der Waals surface area contributed by atoms with Crippen LogP contribution in [0, 0.1) is 12.7 Å². The molecule has 3 aromatic carbocycles. The van der Waals surface area contributed by atoms with Crippen LogP contribution >= 0.6 is 0 Å². The van der Waals surface area contributed by atoms with Gasteiger partial charge in [0.05, 0.1) is 18.4 Å². The van der Waals surface area contributed by atoms with Crippen molar-refractivity contribution in [1.82, 2.24) is 0 Å². The maximum Gasteiger partial charge on any atom is 0.258 e. The van der Waals surface area contributed by atoms with Gasteiger partial charge in [0.2, 0.25) is 0 Å². The Kier molecular flexibility index (Phi) is 5.69. The molecule has 0 fully saturated rings. The monoisotopic (exact) mass is 378 g/mol. The van der Waals surface area contributed by atoms with Crippen LogP contribution in [0.3, 0.4) is 0 Å². The smallest absolute Gasteiger partial charge is 0.258 e. The van der Waals surface area contributed by atoms with Gasteiger partial charge >= 0.3 is 0 Å². The Morgan fingerprint density at radius 3 is 2.18 bits per heavy atom. The topological polar surface area (TPSA) is 67.4 Å². The first kappa shape index (κ1) is 19.1. The van der Waals surface area contributed by atoms with E-state index in [0.717, 1.165) is 0 Å². The average molecular weight is 378 g/mol. The van der Waals surface area contributed by atoms with E-state index in [4.69, 9.17) is 4.74 Å². The summed E-state index contributed by atoms with van der Waals surface area (Å²) in [6, 6.07) is 17.8. The van der Waals surface area contributed by atoms with E-state index in [9.17, 15) is 14.0 Å². The molecular weight excluding hydrogens is 359 g/mol. The van der Waals surface area contributed by atoms with Crippen molar-refractivity contribution in [1.29, 1.82) is 0 Å². The standard InChI is InChI=1S/C22H19FN2O3/c1-14-12-19(25-22(27)16-10-6-7-11-17(16)23)20(28-2)13-18(14)24-21(26)15-8-4-3-5-9-15/h3-13H,1-2H3,(H,24,26)(H,25,27). The Labute approximate surface area is 162 Å². The van der Waals surface area contributed by atoms with Gasteiger partial charge in [-0.2, -0.15) is 0 Å². The highest BCUT2D eigenvalue weighted by atomic mass is 19.1. The minimum Gasteiger partial charge on any atom is -0.494 e. The summed E-state index contributed by atoms with van der Waals surface area (Å²) in [6.45, 7) is 1.79. The molecule has 5 nitrogen and oxygen atoms in total. The zero-order valence-electron chi connectivity index (χ0n) is 15.5. The number of halogens is 1. The molecule has 0 aromatic heterocycles. The molecule has 142 valence electrons. The summed E-state index contributed by atoms with van der Waals surface area (Å²) < 4.78 is 19.2. The van der Waals surface area contributed by atoms with Crippen LogP contribution in [0.25, 0.3) is 0 Å². The first-order chi connectivity index (χ1) is 13.5. The van der Waals surface area contributed by atoms with Gasteiger partial charge in [0.15, 0.2) is 0 Å². The molecule has 6 heteroatoms. The number of carbonyl (C=O) groups excluding carboxylic acids is 2. The van der Waals surface area contributed by atoms with Gasteiger partial charge in [-0.05, 0) is 42.8 Å². The minimum absolute atomic E-state index is 0.0661. The number of nitrogens with one attached hydrogen (secondary N) is 2. The molecule has 0 heterocycles. The van der Waals surface area contributed by atoms with Crippen molar-refractivity contribution < 1.29 is 18.7 Å². The van der Waals surface area contributed by atoms with Gasteiger partial charge in [0.1, 0.15) is 11.6 Å². The third kappa shape index (κ3) is 4.17. The van der Waals surface area contributed by atoms with Crippen molar-refractivity contribution in [3.63, 3.8) is 0 Å². The second-order valence-corrected chi connectivity index (χ2v) is 6.12. The Bertz CT molecular complexity index is 1020. The molecule has 0 saturated heterocycles. The first-order valence-corrected chi connectivity index (χ1v) is 8.60. The lowest BCUT2D eigenvalue weighted by Gasteiger charge is -2.15. The van der Waals surface area contributed by atoms with Crippen LogP contribution in [0.15, 0.2) is 66.7 Å². The number of ether oxygens (including phenoxy) is 1. The summed E-state index contributed by atoms with van der Waals surface area (Å²) >= 11 is 0. The van der Waals surface area contributed by atoms with E-state index in [1.54, 1.807) is 49.4 Å². The number of hydrogen-bond acceptors (Lipinski definition) is 3. The summed E-state index contributed by atoms with van der Waals surface area (Å²) in [5.74, 6) is -1.10. The van der Waals surface area contributed by atoms with Crippen LogP contribution < -0.4 is 15.4 Å². The molecule has 3 aromatic rings. The highest BCUT2D eigenvalue weighted by molar-refractivity contribution is 6.07. The van der Waals surface area contributed by atoms with E-state index in [0.29, 0.717) is 28.3 Å². The zero-order chi connectivity index (χ0) is 20.1. The van der Waals surface area contributed by atoms with Gasteiger partial charge in [-0.15, -0.1) is 0 Å². The van der Waals surface area contributed by atoms with Crippen LogP contribution in [-0.4, -0.2) is 18.9 Å². The summed E-state index contributed by atoms with van der Waals surface area (Å²) in [5.41, 5.74) is 2.11. The molecule has 0 saturated carbocycles. The molecule has 0 aliphatic heterocycles. The average Bonchev–Trinajstić information content (AvgIpc) is 2.70. The molecular formula is C22H19FN2O3. The molecule has 0 atom stereocenters. The van der Waals surface area contributed by atoms with E-state index in [-0.39, 0.29) is 11.5 Å². The highest BCUT2D eigenvalue weighted by Crippen LogP contribution is 2.32. The summed E-state index contributed by atoms with van der Waals surface area (Å²) in [7, 11) is 1.45. The van der Waals surface area contributed by atoms with Crippen LogP contribution in [0.4, 0.5) is 15.8 Å². The molecule has 0 unspecified atom stereocenters. The van der Waals surface area contributed by atoms with E-state index in [2.05, 4.69) is 10.6 Å². The molecule has 28 heavy (non-hydrogen) atoms. The van der Waals surface area contributed by atoms with Crippen molar-refractivity contribution in [3.8, 4) is 5.75 Å². The van der Waals surface area contributed by atoms with Crippen molar-refractivity contribution in [2.45, 2.75) is 6.92 Å². The second kappa shape index (κ2) is 8.35. The molecule has 2 amide bonds. The maximum atomic E-state index is 13.8. The van der Waals surface area contributed by atoms with E-state index >= 15 is 0 Å². The number of rotatable bonds is 5. The van der Waals surface area contributed by atoms with Gasteiger partial charge in [0.25, 0.3) is 11.8 Å². The van der Waals surface area contributed by atoms with Crippen molar-refractivity contribution in [3.05, 3.63) is 89.2 Å². The number of anilines is 2. The fourth-order valence-corrected chi connectivity index (χ4v) is 2.71. The fraction of sp³-hybridized carbons (Fsp3) is 0.0909. The number of aryl methyl sites for hydroxylation is 1. The molecule has 0 bridgehead atoms. The van der Waals surface area contributed by atoms with Crippen molar-refractivity contribution in [2.75, 3.05) is 17.7 Å². The number of methoxy groups -OCH3 is 1. The minimum atomic E-state index is -0.609. The summed E-state index contributed by atoms with van der Waals surface area (Å²) in [4.78, 5) is 24.8. The molecule has 0 aliphatic rings. The number of benzene rings is 3. The normalized spacial score (nSPS) is 10.2. The molecule has 3 rings (SSSR count). The molecule has 2 N–H and O–H groups in total. The van der Waals surface area contributed by atoms with Gasteiger partial charge in [-0.3, -0.25) is 9.59 Å². The molecule has 0 aliphatic carbocycles. The van der Waals surface area contributed by atoms with Crippen LogP contribution in [0.1, 0.15) is 26.3 Å². The maximum absolute atomic E-state index is 13.8. The van der Waals surface area contributed by atoms with Gasteiger partial charge in [-0.1, -0.05) is 30.3 Å². The predicted octanol–water partition coefficient (Wildman–Crippen LogP) is 4.65. The quantitative estimate of drug-likeness (QED) is 0.679. The van der Waals surface area contributed by atoms with Crippen molar-refractivity contribution >= 4 is 23.2 Å². The predicted molar refractivity (Wildman–Crippen MR) is 106 cm³/mol. The third-order valence-electron chi connectivity index (χ3n) is 4.20. The second-order valence-electron chi connectivity index (χ2n) is 6.12. The number of carbonyl (C=O) groups is 2. The van der Waals surface area contributed by atoms with E-state index in [1.165, 1.54) is 25.3 Å². The SMILES string of the molecule is COc1cc(NC(=O)c2ccccc2)c(C)cc1NC(=O)c1ccccc1F. The zero-order valence-corrected chi connectivity index (χ0v) is 15.5. The summed E-state index contributed by atoms with van der Waals surface area (Å²) in [6.07, 6.45) is 0. The summed E-state index contributed by atoms with van der Waals surface area (Å²) in [5, 5.41) is 5.49. The van der Waals surface area contributed by atoms with Gasteiger partial charge < -0.3 is 15.4 Å². The molecule has 0 spiro atoms. The van der Waals surface area contributed by atoms with E-state index in [1.807, 2.05) is 6.07 Å². The lowest BCUT2D eigenvalue weighted by atomic mass is 10.1. The van der Waals surface area contributed by atoms with Crippen LogP contribution in [0.2, 0.25) is 0 Å². The first-order valence-electron chi connectivity index (χ1n) is 8.60. The van der Waals surface area contributed by atoms with Gasteiger partial charge in [0, 0.05) is 17.3 Å². The number of amides is 2. The van der Waals surface area contributed by atoms with Crippen LogP contribution in [-0.2, 0) is 0 Å². The Hall–Kier alpha value is -3.67. The third-order valence-corrected chi connectivity index (χ3v) is 4.20. The highest BCUT2D eigenvalue weighted by Gasteiger charge is 2.16. The largest absolute Gasteiger partial charge is 0.494 e. The lowest BCUT2D eigenvalue weighted by Crippen LogP contribution is -2.16. The van der Waals surface area contributed by atoms with Crippen molar-refractivity contribution in [2.24, 2.45) is 0 Å². The Morgan fingerprint density at radius 2 is 1.50 bits per heavy atom. The van der Waals surface area contributed by atoms with E-state index < -0.39 is 11.7 Å². The Morgan fingerprint density at radius 1 is 0.857 bits per heavy atom.